The Morgan fingerprint density at radius 2 is 2.11 bits per heavy atom. The summed E-state index contributed by atoms with van der Waals surface area (Å²) in [7, 11) is 0. The lowest BCUT2D eigenvalue weighted by Gasteiger charge is -2.08. The largest absolute Gasteiger partial charge is 0.480 e. The van der Waals surface area contributed by atoms with Crippen LogP contribution in [-0.2, 0) is 9.53 Å². The summed E-state index contributed by atoms with van der Waals surface area (Å²) in [6.45, 7) is 2.41. The molecule has 100 valence electrons. The van der Waals surface area contributed by atoms with Crippen molar-refractivity contribution in [2.75, 3.05) is 13.2 Å². The number of para-hydroxylation sites is 1. The van der Waals surface area contributed by atoms with Gasteiger partial charge in [0.25, 0.3) is 0 Å². The molecule has 0 aliphatic carbocycles. The number of rotatable bonds is 6. The van der Waals surface area contributed by atoms with Crippen molar-refractivity contribution in [2.45, 2.75) is 19.8 Å². The van der Waals surface area contributed by atoms with Crippen LogP contribution < -0.4 is 4.74 Å². The van der Waals surface area contributed by atoms with Gasteiger partial charge in [-0.05, 0) is 18.6 Å². The number of aromatic nitrogens is 1. The van der Waals surface area contributed by atoms with E-state index in [0.717, 1.165) is 23.7 Å². The zero-order valence-corrected chi connectivity index (χ0v) is 11.0. The number of carbonyl (C=O) groups excluding carboxylic acids is 1. The standard InChI is InChI=1S/C15H17NO3/c1-2-3-10-18-14(17)11-19-13-8-4-6-12-7-5-9-16-15(12)13/h4-9H,2-3,10-11H2,1H3. The summed E-state index contributed by atoms with van der Waals surface area (Å²) in [4.78, 5) is 15.7. The number of carbonyl (C=O) groups is 1. The summed E-state index contributed by atoms with van der Waals surface area (Å²) in [6.07, 6.45) is 3.58. The van der Waals surface area contributed by atoms with Gasteiger partial charge in [-0.2, -0.15) is 0 Å². The van der Waals surface area contributed by atoms with Crippen molar-refractivity contribution in [2.24, 2.45) is 0 Å². The summed E-state index contributed by atoms with van der Waals surface area (Å²) < 4.78 is 10.5. The second-order valence-corrected chi connectivity index (χ2v) is 4.19. The van der Waals surface area contributed by atoms with E-state index in [1.165, 1.54) is 0 Å². The quantitative estimate of drug-likeness (QED) is 0.591. The topological polar surface area (TPSA) is 48.4 Å². The maximum atomic E-state index is 11.5. The van der Waals surface area contributed by atoms with Gasteiger partial charge in [0.1, 0.15) is 11.3 Å². The molecule has 0 radical (unpaired) electrons. The maximum Gasteiger partial charge on any atom is 0.344 e. The highest BCUT2D eigenvalue weighted by atomic mass is 16.6. The maximum absolute atomic E-state index is 11.5. The number of esters is 1. The van der Waals surface area contributed by atoms with E-state index in [9.17, 15) is 4.79 Å². The van der Waals surface area contributed by atoms with Crippen molar-refractivity contribution in [1.29, 1.82) is 0 Å². The van der Waals surface area contributed by atoms with Gasteiger partial charge in [-0.15, -0.1) is 0 Å². The molecule has 4 heteroatoms. The smallest absolute Gasteiger partial charge is 0.344 e. The Morgan fingerprint density at radius 3 is 2.95 bits per heavy atom. The Kier molecular flexibility index (Phi) is 4.72. The molecule has 0 bridgehead atoms. The van der Waals surface area contributed by atoms with E-state index in [1.807, 2.05) is 31.2 Å². The second-order valence-electron chi connectivity index (χ2n) is 4.19. The van der Waals surface area contributed by atoms with Crippen molar-refractivity contribution in [3.8, 4) is 5.75 Å². The molecule has 1 heterocycles. The van der Waals surface area contributed by atoms with Crippen LogP contribution in [0.1, 0.15) is 19.8 Å². The number of unbranched alkanes of at least 4 members (excludes halogenated alkanes) is 1. The number of benzene rings is 1. The average molecular weight is 259 g/mol. The predicted molar refractivity (Wildman–Crippen MR) is 73.1 cm³/mol. The van der Waals surface area contributed by atoms with Gasteiger partial charge in [0.05, 0.1) is 6.61 Å². The molecule has 0 N–H and O–H groups in total. The Balaban J connectivity index is 1.96. The summed E-state index contributed by atoms with van der Waals surface area (Å²) in [5, 5.41) is 0.986. The van der Waals surface area contributed by atoms with Gasteiger partial charge in [-0.25, -0.2) is 4.79 Å². The summed E-state index contributed by atoms with van der Waals surface area (Å²) >= 11 is 0. The van der Waals surface area contributed by atoms with Crippen molar-refractivity contribution in [1.82, 2.24) is 4.98 Å². The van der Waals surface area contributed by atoms with Gasteiger partial charge in [0.2, 0.25) is 0 Å². The molecule has 0 amide bonds. The van der Waals surface area contributed by atoms with E-state index < -0.39 is 0 Å². The lowest BCUT2D eigenvalue weighted by Crippen LogP contribution is -2.15. The number of hydrogen-bond acceptors (Lipinski definition) is 4. The highest BCUT2D eigenvalue weighted by Crippen LogP contribution is 2.22. The third kappa shape index (κ3) is 3.68. The van der Waals surface area contributed by atoms with Crippen LogP contribution in [0, 0.1) is 0 Å². The van der Waals surface area contributed by atoms with Gasteiger partial charge in [0.15, 0.2) is 6.61 Å². The zero-order chi connectivity index (χ0) is 13.5. The first-order valence-corrected chi connectivity index (χ1v) is 6.43. The van der Waals surface area contributed by atoms with Gasteiger partial charge in [-0.3, -0.25) is 4.98 Å². The van der Waals surface area contributed by atoms with E-state index in [1.54, 1.807) is 12.3 Å². The van der Waals surface area contributed by atoms with Crippen molar-refractivity contribution >= 4 is 16.9 Å². The number of fused-ring (bicyclic) bond motifs is 1. The van der Waals surface area contributed by atoms with Crippen molar-refractivity contribution < 1.29 is 14.3 Å². The first-order valence-electron chi connectivity index (χ1n) is 6.43. The first-order chi connectivity index (χ1) is 9.31. The Labute approximate surface area is 112 Å². The monoisotopic (exact) mass is 259 g/mol. The number of ether oxygens (including phenoxy) is 2. The van der Waals surface area contributed by atoms with Crippen LogP contribution in [0.5, 0.6) is 5.75 Å². The van der Waals surface area contributed by atoms with Crippen LogP contribution in [0.4, 0.5) is 0 Å². The molecular weight excluding hydrogens is 242 g/mol. The third-order valence-corrected chi connectivity index (χ3v) is 2.70. The van der Waals surface area contributed by atoms with Crippen LogP contribution >= 0.6 is 0 Å². The molecule has 0 aliphatic heterocycles. The van der Waals surface area contributed by atoms with Gasteiger partial charge < -0.3 is 9.47 Å². The highest BCUT2D eigenvalue weighted by molar-refractivity contribution is 5.84. The lowest BCUT2D eigenvalue weighted by molar-refractivity contribution is -0.146. The summed E-state index contributed by atoms with van der Waals surface area (Å²) in [5.41, 5.74) is 0.756. The SMILES string of the molecule is CCCCOC(=O)COc1cccc2cccnc12. The Morgan fingerprint density at radius 1 is 1.26 bits per heavy atom. The van der Waals surface area contributed by atoms with E-state index in [4.69, 9.17) is 9.47 Å². The van der Waals surface area contributed by atoms with Crippen LogP contribution in [-0.4, -0.2) is 24.2 Å². The van der Waals surface area contributed by atoms with E-state index in [-0.39, 0.29) is 12.6 Å². The first kappa shape index (κ1) is 13.3. The molecule has 0 saturated heterocycles. The van der Waals surface area contributed by atoms with Crippen LogP contribution in [0.25, 0.3) is 10.9 Å². The van der Waals surface area contributed by atoms with Crippen molar-refractivity contribution in [3.63, 3.8) is 0 Å². The summed E-state index contributed by atoms with van der Waals surface area (Å²) in [6, 6.07) is 9.45. The molecule has 0 saturated carbocycles. The molecule has 0 atom stereocenters. The lowest BCUT2D eigenvalue weighted by atomic mass is 10.2. The third-order valence-electron chi connectivity index (χ3n) is 2.70. The molecule has 0 spiro atoms. The Hall–Kier alpha value is -2.10. The van der Waals surface area contributed by atoms with E-state index >= 15 is 0 Å². The molecule has 19 heavy (non-hydrogen) atoms. The molecule has 2 rings (SSSR count). The van der Waals surface area contributed by atoms with Crippen molar-refractivity contribution in [3.05, 3.63) is 36.5 Å². The normalized spacial score (nSPS) is 10.4. The number of nitrogens with zero attached hydrogens (tertiary/aromatic N) is 1. The fraction of sp³-hybridized carbons (Fsp3) is 0.333. The summed E-state index contributed by atoms with van der Waals surface area (Å²) in [5.74, 6) is 0.256. The van der Waals surface area contributed by atoms with Crippen LogP contribution in [0.3, 0.4) is 0 Å². The predicted octanol–water partition coefficient (Wildman–Crippen LogP) is 2.96. The average Bonchev–Trinajstić information content (AvgIpc) is 2.45. The van der Waals surface area contributed by atoms with E-state index in [2.05, 4.69) is 4.98 Å². The van der Waals surface area contributed by atoms with E-state index in [0.29, 0.717) is 12.4 Å². The molecule has 1 aromatic heterocycles. The molecule has 1 aromatic carbocycles. The Bertz CT molecular complexity index is 549. The minimum Gasteiger partial charge on any atom is -0.480 e. The van der Waals surface area contributed by atoms with Crippen LogP contribution in [0.15, 0.2) is 36.5 Å². The molecule has 2 aromatic rings. The second kappa shape index (κ2) is 6.73. The molecule has 4 nitrogen and oxygen atoms in total. The number of pyridine rings is 1. The molecule has 0 aliphatic rings. The van der Waals surface area contributed by atoms with Crippen LogP contribution in [0.2, 0.25) is 0 Å². The molecule has 0 fully saturated rings. The zero-order valence-electron chi connectivity index (χ0n) is 11.0. The molecular formula is C15H17NO3. The van der Waals surface area contributed by atoms with Gasteiger partial charge in [0, 0.05) is 11.6 Å². The van der Waals surface area contributed by atoms with Gasteiger partial charge in [-0.1, -0.05) is 31.5 Å². The minimum absolute atomic E-state index is 0.0839. The highest BCUT2D eigenvalue weighted by Gasteiger charge is 2.07. The molecule has 0 unspecified atom stereocenters. The van der Waals surface area contributed by atoms with Gasteiger partial charge >= 0.3 is 5.97 Å². The fourth-order valence-electron chi connectivity index (χ4n) is 1.70. The number of hydrogen-bond donors (Lipinski definition) is 0. The minimum atomic E-state index is -0.346. The fourth-order valence-corrected chi connectivity index (χ4v) is 1.70.